The second-order valence-electron chi connectivity index (χ2n) is 6.25. The predicted molar refractivity (Wildman–Crippen MR) is 97.1 cm³/mol. The quantitative estimate of drug-likeness (QED) is 0.927. The number of nitrogens with zero attached hydrogens (tertiary/aromatic N) is 3. The Morgan fingerprint density at radius 1 is 1.17 bits per heavy atom. The molecular weight excluding hydrogens is 324 g/mol. The van der Waals surface area contributed by atoms with Gasteiger partial charge in [-0.15, -0.1) is 0 Å². The Balaban J connectivity index is 2.94. The number of aromatic nitrogens is 2. The third-order valence-corrected chi connectivity index (χ3v) is 4.71. The third kappa shape index (κ3) is 3.36. The molecule has 130 valence electrons. The van der Waals surface area contributed by atoms with Crippen LogP contribution >= 0.6 is 11.5 Å². The summed E-state index contributed by atoms with van der Waals surface area (Å²) in [6.45, 7) is 8.37. The van der Waals surface area contributed by atoms with Crippen LogP contribution in [0.3, 0.4) is 0 Å². The van der Waals surface area contributed by atoms with Crippen LogP contribution < -0.4 is 15.8 Å². The Labute approximate surface area is 145 Å². The summed E-state index contributed by atoms with van der Waals surface area (Å²) < 4.78 is 3.05. The van der Waals surface area contributed by atoms with Crippen LogP contribution in [0.1, 0.15) is 50.7 Å². The standard InChI is InChI=1S/C17H24N4O2S/c1-10(2)12-8-7-9-13(11(3)4)14(12)21-16(19-15(22)18-5)24-20(6)17(21)23/h7-11H,1-6H3,(H,18,22)/b19-16-. The van der Waals surface area contributed by atoms with E-state index in [1.54, 1.807) is 11.6 Å². The van der Waals surface area contributed by atoms with Gasteiger partial charge in [-0.05, 0) is 34.5 Å². The first-order valence-corrected chi connectivity index (χ1v) is 8.74. The van der Waals surface area contributed by atoms with E-state index in [0.717, 1.165) is 28.3 Å². The van der Waals surface area contributed by atoms with Crippen molar-refractivity contribution in [2.75, 3.05) is 7.05 Å². The molecule has 0 atom stereocenters. The van der Waals surface area contributed by atoms with Crippen molar-refractivity contribution in [2.24, 2.45) is 12.0 Å². The highest BCUT2D eigenvalue weighted by molar-refractivity contribution is 7.03. The molecule has 7 heteroatoms. The van der Waals surface area contributed by atoms with Crippen LogP contribution in [0.2, 0.25) is 0 Å². The minimum atomic E-state index is -0.473. The van der Waals surface area contributed by atoms with Crippen molar-refractivity contribution in [2.45, 2.75) is 39.5 Å². The van der Waals surface area contributed by atoms with Crippen LogP contribution in [-0.2, 0) is 7.05 Å². The van der Waals surface area contributed by atoms with Crippen molar-refractivity contribution in [3.8, 4) is 5.69 Å². The fourth-order valence-corrected chi connectivity index (χ4v) is 3.38. The summed E-state index contributed by atoms with van der Waals surface area (Å²) in [6.07, 6.45) is 0. The number of hydrogen-bond acceptors (Lipinski definition) is 3. The second-order valence-corrected chi connectivity index (χ2v) is 7.35. The lowest BCUT2D eigenvalue weighted by atomic mass is 9.92. The van der Waals surface area contributed by atoms with Gasteiger partial charge in [0.2, 0.25) is 4.80 Å². The number of urea groups is 1. The van der Waals surface area contributed by atoms with Gasteiger partial charge in [0.25, 0.3) is 0 Å². The minimum absolute atomic E-state index is 0.197. The van der Waals surface area contributed by atoms with Crippen LogP contribution in [0.15, 0.2) is 28.0 Å². The van der Waals surface area contributed by atoms with Gasteiger partial charge in [-0.2, -0.15) is 4.99 Å². The van der Waals surface area contributed by atoms with E-state index in [0.29, 0.717) is 4.80 Å². The summed E-state index contributed by atoms with van der Waals surface area (Å²) in [7, 11) is 3.20. The largest absolute Gasteiger partial charge is 0.344 e. The van der Waals surface area contributed by atoms with Gasteiger partial charge < -0.3 is 5.32 Å². The normalized spacial score (nSPS) is 12.2. The van der Waals surface area contributed by atoms with Crippen LogP contribution in [0.4, 0.5) is 4.79 Å². The number of para-hydroxylation sites is 1. The van der Waals surface area contributed by atoms with Gasteiger partial charge in [0.05, 0.1) is 5.69 Å². The van der Waals surface area contributed by atoms with Crippen LogP contribution in [0.25, 0.3) is 5.69 Å². The predicted octanol–water partition coefficient (Wildman–Crippen LogP) is 2.72. The summed E-state index contributed by atoms with van der Waals surface area (Å²) in [5, 5.41) is 2.47. The zero-order valence-corrected chi connectivity index (χ0v) is 15.8. The molecule has 6 nitrogen and oxygen atoms in total. The van der Waals surface area contributed by atoms with Crippen LogP contribution in [0.5, 0.6) is 0 Å². The SMILES string of the molecule is CNC(=O)/N=c1\sn(C)c(=O)n1-c1c(C(C)C)cccc1C(C)C. The van der Waals surface area contributed by atoms with Crippen molar-refractivity contribution in [1.82, 2.24) is 13.8 Å². The topological polar surface area (TPSA) is 68.4 Å². The summed E-state index contributed by atoms with van der Waals surface area (Å²) in [5.74, 6) is 0.479. The molecule has 0 aliphatic carbocycles. The maximum atomic E-state index is 12.8. The van der Waals surface area contributed by atoms with Crippen molar-refractivity contribution in [1.29, 1.82) is 0 Å². The lowest BCUT2D eigenvalue weighted by Gasteiger charge is -2.19. The van der Waals surface area contributed by atoms with E-state index in [2.05, 4.69) is 38.0 Å². The van der Waals surface area contributed by atoms with Gasteiger partial charge in [0.1, 0.15) is 0 Å². The number of benzene rings is 1. The Morgan fingerprint density at radius 2 is 1.71 bits per heavy atom. The Morgan fingerprint density at radius 3 is 2.17 bits per heavy atom. The molecule has 1 aromatic carbocycles. The second kappa shape index (κ2) is 7.17. The van der Waals surface area contributed by atoms with Gasteiger partial charge >= 0.3 is 11.7 Å². The average molecular weight is 348 g/mol. The van der Waals surface area contributed by atoms with Crippen LogP contribution in [0, 0.1) is 0 Å². The Kier molecular flexibility index (Phi) is 5.43. The van der Waals surface area contributed by atoms with E-state index in [4.69, 9.17) is 0 Å². The average Bonchev–Trinajstić information content (AvgIpc) is 2.80. The van der Waals surface area contributed by atoms with E-state index in [1.165, 1.54) is 11.0 Å². The maximum Gasteiger partial charge on any atom is 0.344 e. The monoisotopic (exact) mass is 348 g/mol. The number of rotatable bonds is 3. The number of carbonyl (C=O) groups is 1. The molecule has 0 aliphatic rings. The molecule has 1 N–H and O–H groups in total. The van der Waals surface area contributed by atoms with E-state index in [1.807, 2.05) is 18.2 Å². The highest BCUT2D eigenvalue weighted by Gasteiger charge is 2.20. The first-order valence-electron chi connectivity index (χ1n) is 7.96. The number of hydrogen-bond donors (Lipinski definition) is 1. The first kappa shape index (κ1) is 18.2. The molecule has 0 radical (unpaired) electrons. The van der Waals surface area contributed by atoms with Gasteiger partial charge in [0, 0.05) is 14.1 Å². The molecule has 2 aromatic rings. The zero-order chi connectivity index (χ0) is 18.0. The number of aryl methyl sites for hydroxylation is 1. The molecule has 0 aliphatic heterocycles. The summed E-state index contributed by atoms with van der Waals surface area (Å²) in [6, 6.07) is 5.60. The molecule has 0 saturated carbocycles. The molecule has 1 heterocycles. The van der Waals surface area contributed by atoms with Gasteiger partial charge in [-0.3, -0.25) is 0 Å². The number of carbonyl (C=O) groups excluding carboxylic acids is 1. The molecule has 0 saturated heterocycles. The third-order valence-electron chi connectivity index (χ3n) is 3.85. The summed E-state index contributed by atoms with van der Waals surface area (Å²) >= 11 is 1.16. The van der Waals surface area contributed by atoms with Gasteiger partial charge in [-0.1, -0.05) is 45.9 Å². The highest BCUT2D eigenvalue weighted by atomic mass is 32.1. The van der Waals surface area contributed by atoms with Gasteiger partial charge in [-0.25, -0.2) is 18.1 Å². The smallest absolute Gasteiger partial charge is 0.339 e. The molecule has 0 unspecified atom stereocenters. The van der Waals surface area contributed by atoms with E-state index >= 15 is 0 Å². The molecule has 0 bridgehead atoms. The summed E-state index contributed by atoms with van der Waals surface area (Å²) in [4.78, 5) is 28.9. The Hall–Kier alpha value is -2.15. The van der Waals surface area contributed by atoms with Crippen molar-refractivity contribution < 1.29 is 4.79 Å². The molecule has 24 heavy (non-hydrogen) atoms. The molecule has 1 aromatic heterocycles. The minimum Gasteiger partial charge on any atom is -0.339 e. The fraction of sp³-hybridized carbons (Fsp3) is 0.471. The molecule has 2 amide bonds. The van der Waals surface area contributed by atoms with E-state index < -0.39 is 6.03 Å². The Bertz CT molecular complexity index is 845. The lowest BCUT2D eigenvalue weighted by molar-refractivity contribution is 0.250. The molecule has 0 spiro atoms. The maximum absolute atomic E-state index is 12.8. The van der Waals surface area contributed by atoms with Gasteiger partial charge in [0.15, 0.2) is 0 Å². The molecule has 0 fully saturated rings. The zero-order valence-electron chi connectivity index (χ0n) is 15.0. The number of amides is 2. The fourth-order valence-electron chi connectivity index (χ4n) is 2.60. The molecular formula is C17H24N4O2S. The summed E-state index contributed by atoms with van der Waals surface area (Å²) in [5.41, 5.74) is 2.77. The van der Waals surface area contributed by atoms with Crippen molar-refractivity contribution >= 4 is 17.6 Å². The first-order chi connectivity index (χ1) is 11.3. The van der Waals surface area contributed by atoms with Crippen molar-refractivity contribution in [3.05, 3.63) is 44.6 Å². The lowest BCUT2D eigenvalue weighted by Crippen LogP contribution is -2.31. The van der Waals surface area contributed by atoms with E-state index in [-0.39, 0.29) is 17.5 Å². The highest BCUT2D eigenvalue weighted by Crippen LogP contribution is 2.29. The van der Waals surface area contributed by atoms with E-state index in [9.17, 15) is 9.59 Å². The number of nitrogens with one attached hydrogen (secondary N) is 1. The molecule has 2 rings (SSSR count). The van der Waals surface area contributed by atoms with Crippen molar-refractivity contribution in [3.63, 3.8) is 0 Å². The van der Waals surface area contributed by atoms with Crippen LogP contribution in [-0.4, -0.2) is 21.6 Å².